The molecule has 0 aliphatic heterocycles. The summed E-state index contributed by atoms with van der Waals surface area (Å²) in [6.45, 7) is 0. The second-order valence-electron chi connectivity index (χ2n) is 3.70. The van der Waals surface area contributed by atoms with Crippen molar-refractivity contribution >= 4 is 33.2 Å². The summed E-state index contributed by atoms with van der Waals surface area (Å²) in [6.07, 6.45) is 0. The first-order chi connectivity index (χ1) is 8.56. The first-order valence-electron chi connectivity index (χ1n) is 5.18. The zero-order valence-corrected chi connectivity index (χ0v) is 10.9. The van der Waals surface area contributed by atoms with Crippen LogP contribution in [0.1, 0.15) is 10.4 Å². The van der Waals surface area contributed by atoms with Crippen molar-refractivity contribution < 1.29 is 9.18 Å². The van der Waals surface area contributed by atoms with Crippen molar-refractivity contribution in [3.63, 3.8) is 0 Å². The van der Waals surface area contributed by atoms with Gasteiger partial charge in [-0.2, -0.15) is 0 Å². The summed E-state index contributed by atoms with van der Waals surface area (Å²) in [5.74, 6) is -1.15. The Kier molecular flexibility index (Phi) is 3.62. The van der Waals surface area contributed by atoms with Gasteiger partial charge in [0.2, 0.25) is 0 Å². The number of hydrogen-bond acceptors (Lipinski definition) is 2. The summed E-state index contributed by atoms with van der Waals surface area (Å²) in [4.78, 5) is 11.9. The number of hydrogen-bond donors (Lipinski definition) is 2. The lowest BCUT2D eigenvalue weighted by Gasteiger charge is -2.06. The summed E-state index contributed by atoms with van der Waals surface area (Å²) in [5, 5.41) is 2.61. The molecule has 0 aliphatic carbocycles. The van der Waals surface area contributed by atoms with Crippen molar-refractivity contribution in [2.45, 2.75) is 0 Å². The summed E-state index contributed by atoms with van der Waals surface area (Å²) in [5.41, 5.74) is 6.26. The van der Waals surface area contributed by atoms with Crippen LogP contribution in [-0.4, -0.2) is 5.91 Å². The SMILES string of the molecule is Nc1ccc(C(=O)Nc2cccc(Br)c2)c(F)c1. The Morgan fingerprint density at radius 1 is 1.22 bits per heavy atom. The van der Waals surface area contributed by atoms with Gasteiger partial charge in [-0.25, -0.2) is 4.39 Å². The molecule has 0 saturated heterocycles. The summed E-state index contributed by atoms with van der Waals surface area (Å²) in [6, 6.07) is 11.0. The van der Waals surface area contributed by atoms with Gasteiger partial charge in [-0.05, 0) is 36.4 Å². The number of amides is 1. The Morgan fingerprint density at radius 3 is 2.67 bits per heavy atom. The molecule has 2 aromatic rings. The lowest BCUT2D eigenvalue weighted by atomic mass is 10.1. The zero-order chi connectivity index (χ0) is 13.1. The van der Waals surface area contributed by atoms with E-state index in [9.17, 15) is 9.18 Å². The van der Waals surface area contributed by atoms with Gasteiger partial charge in [0.15, 0.2) is 0 Å². The topological polar surface area (TPSA) is 55.1 Å². The maximum Gasteiger partial charge on any atom is 0.258 e. The third kappa shape index (κ3) is 2.87. The third-order valence-corrected chi connectivity index (χ3v) is 2.81. The van der Waals surface area contributed by atoms with Gasteiger partial charge in [-0.15, -0.1) is 0 Å². The molecule has 2 aromatic carbocycles. The van der Waals surface area contributed by atoms with Crippen LogP contribution in [0, 0.1) is 5.82 Å². The van der Waals surface area contributed by atoms with Crippen molar-refractivity contribution in [1.29, 1.82) is 0 Å². The van der Waals surface area contributed by atoms with Crippen LogP contribution in [0.25, 0.3) is 0 Å². The van der Waals surface area contributed by atoms with E-state index in [0.29, 0.717) is 5.69 Å². The lowest BCUT2D eigenvalue weighted by Crippen LogP contribution is -2.13. The second-order valence-corrected chi connectivity index (χ2v) is 4.62. The van der Waals surface area contributed by atoms with E-state index in [2.05, 4.69) is 21.2 Å². The average molecular weight is 309 g/mol. The Bertz CT molecular complexity index is 601. The van der Waals surface area contributed by atoms with Gasteiger partial charge in [0.25, 0.3) is 5.91 Å². The molecular formula is C13H10BrFN2O. The van der Waals surface area contributed by atoms with E-state index in [0.717, 1.165) is 10.5 Å². The largest absolute Gasteiger partial charge is 0.399 e. The monoisotopic (exact) mass is 308 g/mol. The average Bonchev–Trinajstić information content (AvgIpc) is 2.28. The van der Waals surface area contributed by atoms with E-state index < -0.39 is 11.7 Å². The molecule has 3 nitrogen and oxygen atoms in total. The molecule has 0 bridgehead atoms. The smallest absolute Gasteiger partial charge is 0.258 e. The van der Waals surface area contributed by atoms with Gasteiger partial charge >= 0.3 is 0 Å². The first kappa shape index (κ1) is 12.6. The van der Waals surface area contributed by atoms with Gasteiger partial charge in [-0.1, -0.05) is 22.0 Å². The van der Waals surface area contributed by atoms with Crippen molar-refractivity contribution in [3.05, 3.63) is 58.3 Å². The molecule has 0 atom stereocenters. The minimum absolute atomic E-state index is 0.0378. The number of nitrogens with one attached hydrogen (secondary N) is 1. The van der Waals surface area contributed by atoms with Gasteiger partial charge in [-0.3, -0.25) is 4.79 Å². The van der Waals surface area contributed by atoms with Crippen LogP contribution in [0.15, 0.2) is 46.9 Å². The molecule has 0 aliphatic rings. The minimum atomic E-state index is -0.637. The highest BCUT2D eigenvalue weighted by Gasteiger charge is 2.11. The zero-order valence-electron chi connectivity index (χ0n) is 9.28. The molecule has 1 amide bonds. The van der Waals surface area contributed by atoms with Gasteiger partial charge in [0.05, 0.1) is 5.56 Å². The van der Waals surface area contributed by atoms with E-state index in [1.54, 1.807) is 18.2 Å². The van der Waals surface area contributed by atoms with Crippen molar-refractivity contribution in [2.24, 2.45) is 0 Å². The molecule has 0 unspecified atom stereocenters. The van der Waals surface area contributed by atoms with Crippen LogP contribution >= 0.6 is 15.9 Å². The molecule has 0 radical (unpaired) electrons. The molecule has 0 heterocycles. The first-order valence-corrected chi connectivity index (χ1v) is 5.97. The highest BCUT2D eigenvalue weighted by molar-refractivity contribution is 9.10. The molecule has 0 saturated carbocycles. The minimum Gasteiger partial charge on any atom is -0.399 e. The van der Waals surface area contributed by atoms with Crippen molar-refractivity contribution in [1.82, 2.24) is 0 Å². The van der Waals surface area contributed by atoms with Gasteiger partial charge < -0.3 is 11.1 Å². The molecule has 3 N–H and O–H groups in total. The van der Waals surface area contributed by atoms with E-state index in [-0.39, 0.29) is 11.3 Å². The van der Waals surface area contributed by atoms with Gasteiger partial charge in [0.1, 0.15) is 5.82 Å². The molecule has 92 valence electrons. The molecular weight excluding hydrogens is 299 g/mol. The van der Waals surface area contributed by atoms with Crippen molar-refractivity contribution in [2.75, 3.05) is 11.1 Å². The number of nitrogens with two attached hydrogens (primary N) is 1. The van der Waals surface area contributed by atoms with Crippen LogP contribution in [0.2, 0.25) is 0 Å². The molecule has 2 rings (SSSR count). The molecule has 5 heteroatoms. The molecule has 0 spiro atoms. The summed E-state index contributed by atoms with van der Waals surface area (Å²) < 4.78 is 14.4. The molecule has 0 fully saturated rings. The quantitative estimate of drug-likeness (QED) is 0.835. The van der Waals surface area contributed by atoms with Crippen LogP contribution < -0.4 is 11.1 Å². The fourth-order valence-electron chi connectivity index (χ4n) is 1.48. The number of carbonyl (C=O) groups excluding carboxylic acids is 1. The van der Waals surface area contributed by atoms with Crippen LogP contribution in [0.3, 0.4) is 0 Å². The number of nitrogen functional groups attached to an aromatic ring is 1. The Morgan fingerprint density at radius 2 is 2.00 bits per heavy atom. The predicted molar refractivity (Wildman–Crippen MR) is 72.9 cm³/mol. The number of rotatable bonds is 2. The molecule has 0 aromatic heterocycles. The highest BCUT2D eigenvalue weighted by atomic mass is 79.9. The fraction of sp³-hybridized carbons (Fsp3) is 0. The molecule has 18 heavy (non-hydrogen) atoms. The predicted octanol–water partition coefficient (Wildman–Crippen LogP) is 3.42. The van der Waals surface area contributed by atoms with E-state index in [1.165, 1.54) is 12.1 Å². The summed E-state index contributed by atoms with van der Waals surface area (Å²) in [7, 11) is 0. The maximum absolute atomic E-state index is 13.5. The standard InChI is InChI=1S/C13H10BrFN2O/c14-8-2-1-3-10(6-8)17-13(18)11-5-4-9(16)7-12(11)15/h1-7H,16H2,(H,17,18). The number of benzene rings is 2. The normalized spacial score (nSPS) is 10.1. The Labute approximate surface area is 112 Å². The van der Waals surface area contributed by atoms with E-state index >= 15 is 0 Å². The fourth-order valence-corrected chi connectivity index (χ4v) is 1.88. The number of carbonyl (C=O) groups is 1. The summed E-state index contributed by atoms with van der Waals surface area (Å²) >= 11 is 3.29. The van der Waals surface area contributed by atoms with E-state index in [4.69, 9.17) is 5.73 Å². The Balaban J connectivity index is 2.22. The van der Waals surface area contributed by atoms with E-state index in [1.807, 2.05) is 6.07 Å². The van der Waals surface area contributed by atoms with Crippen molar-refractivity contribution in [3.8, 4) is 0 Å². The van der Waals surface area contributed by atoms with Crippen LogP contribution in [0.4, 0.5) is 15.8 Å². The number of halogens is 2. The lowest BCUT2D eigenvalue weighted by molar-refractivity contribution is 0.102. The maximum atomic E-state index is 13.5. The Hall–Kier alpha value is -1.88. The highest BCUT2D eigenvalue weighted by Crippen LogP contribution is 2.18. The van der Waals surface area contributed by atoms with Crippen LogP contribution in [-0.2, 0) is 0 Å². The van der Waals surface area contributed by atoms with Gasteiger partial charge in [0, 0.05) is 15.8 Å². The number of anilines is 2. The third-order valence-electron chi connectivity index (χ3n) is 2.32. The van der Waals surface area contributed by atoms with Crippen LogP contribution in [0.5, 0.6) is 0 Å². The second kappa shape index (κ2) is 5.18.